The fraction of sp³-hybridized carbons (Fsp3) is 0.211. The number of anilines is 1. The molecule has 0 aliphatic carbocycles. The zero-order chi connectivity index (χ0) is 20.1. The molecule has 0 fully saturated rings. The molecular weight excluding hydrogens is 400 g/mol. The largest absolute Gasteiger partial charge is 0.461 e. The first-order valence-corrected chi connectivity index (χ1v) is 9.75. The van der Waals surface area contributed by atoms with Crippen molar-refractivity contribution in [2.75, 3.05) is 19.0 Å². The van der Waals surface area contributed by atoms with E-state index < -0.39 is 5.97 Å². The summed E-state index contributed by atoms with van der Waals surface area (Å²) >= 11 is 7.37. The summed E-state index contributed by atoms with van der Waals surface area (Å²) in [4.78, 5) is 26.8. The van der Waals surface area contributed by atoms with Crippen LogP contribution in [0.5, 0.6) is 0 Å². The van der Waals surface area contributed by atoms with E-state index in [0.717, 1.165) is 4.88 Å². The molecular formula is C19H19ClN4O3S. The quantitative estimate of drug-likeness (QED) is 0.601. The SMILES string of the molecule is CCOC(=O)c1ccn(-c2cccc(NC(=O)N(C)Cc3ccc(Cl)s3)c2)n1. The van der Waals surface area contributed by atoms with Crippen molar-refractivity contribution in [1.29, 1.82) is 0 Å². The Morgan fingerprint density at radius 3 is 2.82 bits per heavy atom. The van der Waals surface area contributed by atoms with E-state index in [0.29, 0.717) is 28.9 Å². The Hall–Kier alpha value is -2.84. The zero-order valence-corrected chi connectivity index (χ0v) is 17.0. The number of benzene rings is 1. The molecule has 0 saturated heterocycles. The van der Waals surface area contributed by atoms with E-state index in [1.54, 1.807) is 54.0 Å². The molecule has 0 unspecified atom stereocenters. The number of aromatic nitrogens is 2. The van der Waals surface area contributed by atoms with Gasteiger partial charge in [0.05, 0.1) is 23.2 Å². The van der Waals surface area contributed by atoms with Crippen LogP contribution < -0.4 is 5.32 Å². The van der Waals surface area contributed by atoms with Crippen molar-refractivity contribution in [3.05, 3.63) is 63.6 Å². The lowest BCUT2D eigenvalue weighted by Gasteiger charge is -2.17. The maximum absolute atomic E-state index is 12.4. The van der Waals surface area contributed by atoms with Crippen LogP contribution in [0.3, 0.4) is 0 Å². The molecule has 0 radical (unpaired) electrons. The van der Waals surface area contributed by atoms with Crippen molar-refractivity contribution >= 4 is 40.6 Å². The first-order chi connectivity index (χ1) is 13.5. The Balaban J connectivity index is 1.67. The summed E-state index contributed by atoms with van der Waals surface area (Å²) < 4.78 is 7.19. The van der Waals surface area contributed by atoms with Crippen molar-refractivity contribution in [3.8, 4) is 5.69 Å². The molecule has 0 bridgehead atoms. The lowest BCUT2D eigenvalue weighted by atomic mass is 10.3. The molecule has 9 heteroatoms. The Morgan fingerprint density at radius 2 is 2.11 bits per heavy atom. The minimum atomic E-state index is -0.471. The van der Waals surface area contributed by atoms with Crippen LogP contribution in [0.15, 0.2) is 48.7 Å². The Kier molecular flexibility index (Phi) is 6.33. The van der Waals surface area contributed by atoms with Gasteiger partial charge in [-0.05, 0) is 43.3 Å². The maximum Gasteiger partial charge on any atom is 0.358 e. The van der Waals surface area contributed by atoms with Gasteiger partial charge in [-0.3, -0.25) is 0 Å². The van der Waals surface area contributed by atoms with Crippen molar-refractivity contribution in [2.24, 2.45) is 0 Å². The molecule has 0 aliphatic rings. The average molecular weight is 419 g/mol. The number of nitrogens with zero attached hydrogens (tertiary/aromatic N) is 3. The highest BCUT2D eigenvalue weighted by atomic mass is 35.5. The fourth-order valence-electron chi connectivity index (χ4n) is 2.47. The lowest BCUT2D eigenvalue weighted by Crippen LogP contribution is -2.30. The standard InChI is InChI=1S/C19H19ClN4O3S/c1-3-27-18(25)16-9-10-24(22-16)14-6-4-5-13(11-14)21-19(26)23(2)12-15-7-8-17(20)28-15/h4-11H,3,12H2,1-2H3,(H,21,26). The number of thiophene rings is 1. The second kappa shape index (κ2) is 8.90. The second-order valence-electron chi connectivity index (χ2n) is 5.91. The smallest absolute Gasteiger partial charge is 0.358 e. The van der Waals surface area contributed by atoms with Crippen molar-refractivity contribution in [2.45, 2.75) is 13.5 Å². The van der Waals surface area contributed by atoms with Gasteiger partial charge in [-0.15, -0.1) is 11.3 Å². The summed E-state index contributed by atoms with van der Waals surface area (Å²) in [6.45, 7) is 2.49. The zero-order valence-electron chi connectivity index (χ0n) is 15.4. The molecule has 0 atom stereocenters. The minimum absolute atomic E-state index is 0.227. The van der Waals surface area contributed by atoms with Crippen molar-refractivity contribution < 1.29 is 14.3 Å². The number of esters is 1. The summed E-state index contributed by atoms with van der Waals surface area (Å²) in [5.74, 6) is -0.471. The molecule has 1 aromatic carbocycles. The van der Waals surface area contributed by atoms with E-state index >= 15 is 0 Å². The van der Waals surface area contributed by atoms with Crippen LogP contribution in [-0.2, 0) is 11.3 Å². The van der Waals surface area contributed by atoms with E-state index in [1.807, 2.05) is 18.2 Å². The fourth-order valence-corrected chi connectivity index (χ4v) is 3.61. The highest BCUT2D eigenvalue weighted by Gasteiger charge is 2.13. The number of carbonyl (C=O) groups excluding carboxylic acids is 2. The van der Waals surface area contributed by atoms with Crippen LogP contribution in [0, 0.1) is 0 Å². The topological polar surface area (TPSA) is 76.5 Å². The van der Waals surface area contributed by atoms with Gasteiger partial charge in [0, 0.05) is 23.8 Å². The predicted molar refractivity (Wildman–Crippen MR) is 109 cm³/mol. The molecule has 3 aromatic rings. The van der Waals surface area contributed by atoms with Crippen LogP contribution >= 0.6 is 22.9 Å². The molecule has 0 aliphatic heterocycles. The van der Waals surface area contributed by atoms with Crippen LogP contribution in [-0.4, -0.2) is 40.3 Å². The number of ether oxygens (including phenoxy) is 1. The molecule has 2 amide bonds. The number of hydrogen-bond donors (Lipinski definition) is 1. The molecule has 0 saturated carbocycles. The predicted octanol–water partition coefficient (Wildman–Crippen LogP) is 4.43. The molecule has 2 aromatic heterocycles. The first kappa shape index (κ1) is 19.9. The van der Waals surface area contributed by atoms with Gasteiger partial charge in [-0.2, -0.15) is 5.10 Å². The average Bonchev–Trinajstić information content (AvgIpc) is 3.31. The highest BCUT2D eigenvalue weighted by molar-refractivity contribution is 7.16. The number of rotatable bonds is 6. The van der Waals surface area contributed by atoms with Gasteiger partial charge in [-0.25, -0.2) is 14.3 Å². The normalized spacial score (nSPS) is 10.5. The number of nitrogens with one attached hydrogen (secondary N) is 1. The first-order valence-electron chi connectivity index (χ1n) is 8.56. The number of urea groups is 1. The molecule has 3 rings (SSSR count). The van der Waals surface area contributed by atoms with Crippen molar-refractivity contribution in [1.82, 2.24) is 14.7 Å². The van der Waals surface area contributed by atoms with Crippen LogP contribution in [0.25, 0.3) is 5.69 Å². The summed E-state index contributed by atoms with van der Waals surface area (Å²) in [5, 5.41) is 7.08. The van der Waals surface area contributed by atoms with Gasteiger partial charge in [0.2, 0.25) is 0 Å². The van der Waals surface area contributed by atoms with E-state index in [4.69, 9.17) is 16.3 Å². The van der Waals surface area contributed by atoms with Gasteiger partial charge >= 0.3 is 12.0 Å². The van der Waals surface area contributed by atoms with Crippen LogP contribution in [0.2, 0.25) is 4.34 Å². The van der Waals surface area contributed by atoms with E-state index in [-0.39, 0.29) is 11.7 Å². The monoisotopic (exact) mass is 418 g/mol. The third-order valence-corrected chi connectivity index (χ3v) is 5.02. The third-order valence-electron chi connectivity index (χ3n) is 3.80. The second-order valence-corrected chi connectivity index (χ2v) is 7.71. The molecule has 28 heavy (non-hydrogen) atoms. The summed E-state index contributed by atoms with van der Waals surface area (Å²) in [6, 6.07) is 12.2. The molecule has 0 spiro atoms. The lowest BCUT2D eigenvalue weighted by molar-refractivity contribution is 0.0519. The summed E-state index contributed by atoms with van der Waals surface area (Å²) in [5.41, 5.74) is 1.55. The molecule has 2 heterocycles. The molecule has 1 N–H and O–H groups in total. The third kappa shape index (κ3) is 4.90. The Bertz CT molecular complexity index is 985. The molecule has 146 valence electrons. The maximum atomic E-state index is 12.4. The molecule has 7 nitrogen and oxygen atoms in total. The van der Waals surface area contributed by atoms with E-state index in [9.17, 15) is 9.59 Å². The van der Waals surface area contributed by atoms with Gasteiger partial charge < -0.3 is 15.0 Å². The van der Waals surface area contributed by atoms with Gasteiger partial charge in [0.1, 0.15) is 0 Å². The Labute approximate surface area is 171 Å². The van der Waals surface area contributed by atoms with E-state index in [1.165, 1.54) is 11.3 Å². The van der Waals surface area contributed by atoms with E-state index in [2.05, 4.69) is 10.4 Å². The highest BCUT2D eigenvalue weighted by Crippen LogP contribution is 2.22. The number of halogens is 1. The minimum Gasteiger partial charge on any atom is -0.461 e. The van der Waals surface area contributed by atoms with Gasteiger partial charge in [0.25, 0.3) is 0 Å². The Morgan fingerprint density at radius 1 is 1.29 bits per heavy atom. The van der Waals surface area contributed by atoms with Crippen LogP contribution in [0.1, 0.15) is 22.3 Å². The summed E-state index contributed by atoms with van der Waals surface area (Å²) in [7, 11) is 1.71. The van der Waals surface area contributed by atoms with Gasteiger partial charge in [0.15, 0.2) is 5.69 Å². The number of hydrogen-bond acceptors (Lipinski definition) is 5. The number of carbonyl (C=O) groups is 2. The van der Waals surface area contributed by atoms with Crippen LogP contribution in [0.4, 0.5) is 10.5 Å². The number of amides is 2. The summed E-state index contributed by atoms with van der Waals surface area (Å²) in [6.07, 6.45) is 1.67. The van der Waals surface area contributed by atoms with Crippen molar-refractivity contribution in [3.63, 3.8) is 0 Å². The van der Waals surface area contributed by atoms with Gasteiger partial charge in [-0.1, -0.05) is 17.7 Å².